The highest BCUT2D eigenvalue weighted by Gasteiger charge is 2.66. The fraction of sp³-hybridized carbons (Fsp3) is 0.944. The van der Waals surface area contributed by atoms with Crippen molar-refractivity contribution in [2.24, 2.45) is 23.7 Å². The van der Waals surface area contributed by atoms with Gasteiger partial charge in [-0.15, -0.1) is 0 Å². The van der Waals surface area contributed by atoms with Crippen LogP contribution in [0.3, 0.4) is 0 Å². The molecule has 6 heteroatoms. The Kier molecular flexibility index (Phi) is 3.50. The van der Waals surface area contributed by atoms with Crippen LogP contribution in [0.2, 0.25) is 0 Å². The molecule has 1 heterocycles. The standard InChI is InChI=1S/C18H26O6/c19-16(20)10-21-15-1-3-17(4-2-15)22-18(24-23-17)13-6-11-5-12(8-13)9-14(18)7-11/h11-15H,1-10H2,(H,19,20). The fourth-order valence-corrected chi connectivity index (χ4v) is 6.18. The second-order valence-electron chi connectivity index (χ2n) is 8.61. The molecular formula is C18H26O6. The molecule has 0 radical (unpaired) electrons. The Bertz CT molecular complexity index is 496. The van der Waals surface area contributed by atoms with Crippen molar-refractivity contribution in [3.05, 3.63) is 0 Å². The molecule has 6 fully saturated rings. The monoisotopic (exact) mass is 338 g/mol. The summed E-state index contributed by atoms with van der Waals surface area (Å²) in [5.41, 5.74) is 0. The lowest BCUT2D eigenvalue weighted by molar-refractivity contribution is -0.390. The quantitative estimate of drug-likeness (QED) is 0.798. The maximum Gasteiger partial charge on any atom is 0.329 e. The van der Waals surface area contributed by atoms with Gasteiger partial charge in [0.25, 0.3) is 0 Å². The first-order valence-corrected chi connectivity index (χ1v) is 9.47. The first-order chi connectivity index (χ1) is 11.6. The molecule has 2 spiro atoms. The summed E-state index contributed by atoms with van der Waals surface area (Å²) in [7, 11) is 0. The molecule has 1 aliphatic heterocycles. The van der Waals surface area contributed by atoms with Gasteiger partial charge in [-0.25, -0.2) is 4.79 Å². The number of ether oxygens (including phenoxy) is 2. The predicted molar refractivity (Wildman–Crippen MR) is 81.6 cm³/mol. The van der Waals surface area contributed by atoms with Crippen molar-refractivity contribution >= 4 is 5.97 Å². The topological polar surface area (TPSA) is 74.2 Å². The highest BCUT2D eigenvalue weighted by atomic mass is 17.3. The number of carboxylic acids is 1. The Labute approximate surface area is 141 Å². The SMILES string of the molecule is O=C(O)COC1CCC2(CC1)OOC1(O2)C2CC3CC(C2)CC1C3. The third-order valence-corrected chi connectivity index (χ3v) is 7.08. The molecule has 0 aromatic carbocycles. The lowest BCUT2D eigenvalue weighted by Crippen LogP contribution is -2.59. The van der Waals surface area contributed by atoms with E-state index in [1.165, 1.54) is 32.1 Å². The van der Waals surface area contributed by atoms with Crippen molar-refractivity contribution < 1.29 is 29.1 Å². The van der Waals surface area contributed by atoms with E-state index >= 15 is 0 Å². The number of aliphatic carboxylic acids is 1. The molecule has 5 aliphatic carbocycles. The number of hydrogen-bond acceptors (Lipinski definition) is 5. The Hall–Kier alpha value is -0.690. The molecule has 0 amide bonds. The predicted octanol–water partition coefficient (Wildman–Crippen LogP) is 2.86. The van der Waals surface area contributed by atoms with Gasteiger partial charge in [0.1, 0.15) is 6.61 Å². The Morgan fingerprint density at radius 2 is 1.62 bits per heavy atom. The van der Waals surface area contributed by atoms with Crippen LogP contribution in [0.4, 0.5) is 0 Å². The Morgan fingerprint density at radius 1 is 1.00 bits per heavy atom. The minimum absolute atomic E-state index is 0.0195. The van der Waals surface area contributed by atoms with Gasteiger partial charge in [0.2, 0.25) is 11.6 Å². The van der Waals surface area contributed by atoms with Gasteiger partial charge in [-0.3, -0.25) is 0 Å². The van der Waals surface area contributed by atoms with E-state index in [0.29, 0.717) is 24.7 Å². The van der Waals surface area contributed by atoms with Crippen molar-refractivity contribution in [2.45, 2.75) is 75.5 Å². The van der Waals surface area contributed by atoms with Gasteiger partial charge in [0.05, 0.1) is 6.10 Å². The third kappa shape index (κ3) is 2.34. The average molecular weight is 338 g/mol. The normalized spacial score (nSPS) is 52.4. The average Bonchev–Trinajstić information content (AvgIpc) is 2.92. The summed E-state index contributed by atoms with van der Waals surface area (Å²) in [6, 6.07) is 0. The molecule has 6 nitrogen and oxygen atoms in total. The van der Waals surface area contributed by atoms with E-state index < -0.39 is 17.5 Å². The summed E-state index contributed by atoms with van der Waals surface area (Å²) in [4.78, 5) is 22.5. The zero-order valence-electron chi connectivity index (χ0n) is 13.9. The molecule has 0 aromatic heterocycles. The van der Waals surface area contributed by atoms with Crippen molar-refractivity contribution in [1.29, 1.82) is 0 Å². The van der Waals surface area contributed by atoms with Gasteiger partial charge in [-0.2, -0.15) is 9.78 Å². The van der Waals surface area contributed by atoms with Gasteiger partial charge in [0, 0.05) is 24.7 Å². The molecule has 6 aliphatic rings. The molecular weight excluding hydrogens is 312 g/mol. The number of rotatable bonds is 3. The molecule has 1 saturated heterocycles. The summed E-state index contributed by atoms with van der Waals surface area (Å²) < 4.78 is 12.0. The van der Waals surface area contributed by atoms with Crippen LogP contribution in [-0.2, 0) is 24.0 Å². The van der Waals surface area contributed by atoms with E-state index in [4.69, 9.17) is 24.4 Å². The fourth-order valence-electron chi connectivity index (χ4n) is 6.18. The highest BCUT2D eigenvalue weighted by Crippen LogP contribution is 2.63. The summed E-state index contributed by atoms with van der Waals surface area (Å²) in [5.74, 6) is 0.618. The lowest BCUT2D eigenvalue weighted by atomic mass is 9.53. The molecule has 4 bridgehead atoms. The Morgan fingerprint density at radius 3 is 2.21 bits per heavy atom. The first-order valence-electron chi connectivity index (χ1n) is 9.47. The number of carbonyl (C=O) groups is 1. The van der Waals surface area contributed by atoms with E-state index in [2.05, 4.69) is 0 Å². The molecule has 134 valence electrons. The minimum Gasteiger partial charge on any atom is -0.480 e. The largest absolute Gasteiger partial charge is 0.480 e. The first kappa shape index (κ1) is 15.6. The molecule has 0 atom stereocenters. The molecule has 0 unspecified atom stereocenters. The maximum absolute atomic E-state index is 10.6. The highest BCUT2D eigenvalue weighted by molar-refractivity contribution is 5.68. The van der Waals surface area contributed by atoms with Gasteiger partial charge in [-0.1, -0.05) is 0 Å². The van der Waals surface area contributed by atoms with Crippen molar-refractivity contribution in [1.82, 2.24) is 0 Å². The van der Waals surface area contributed by atoms with E-state index in [1.807, 2.05) is 0 Å². The number of hydrogen-bond donors (Lipinski definition) is 1. The lowest BCUT2D eigenvalue weighted by Gasteiger charge is -2.57. The van der Waals surface area contributed by atoms with Crippen molar-refractivity contribution in [3.63, 3.8) is 0 Å². The van der Waals surface area contributed by atoms with Crippen LogP contribution in [0.5, 0.6) is 0 Å². The zero-order valence-corrected chi connectivity index (χ0v) is 13.9. The van der Waals surface area contributed by atoms with E-state index in [0.717, 1.165) is 24.7 Å². The van der Waals surface area contributed by atoms with E-state index in [-0.39, 0.29) is 12.7 Å². The Balaban J connectivity index is 1.26. The smallest absolute Gasteiger partial charge is 0.329 e. The van der Waals surface area contributed by atoms with Crippen LogP contribution in [0, 0.1) is 23.7 Å². The second-order valence-corrected chi connectivity index (χ2v) is 8.61. The van der Waals surface area contributed by atoms with Crippen molar-refractivity contribution in [2.75, 3.05) is 6.61 Å². The van der Waals surface area contributed by atoms with Gasteiger partial charge >= 0.3 is 5.97 Å². The molecule has 0 aromatic rings. The van der Waals surface area contributed by atoms with Gasteiger partial charge in [0.15, 0.2) is 0 Å². The molecule has 5 saturated carbocycles. The van der Waals surface area contributed by atoms with Crippen molar-refractivity contribution in [3.8, 4) is 0 Å². The van der Waals surface area contributed by atoms with Crippen LogP contribution in [0.1, 0.15) is 57.8 Å². The molecule has 6 rings (SSSR count). The number of carboxylic acid groups (broad SMARTS) is 1. The molecule has 24 heavy (non-hydrogen) atoms. The van der Waals surface area contributed by atoms with Gasteiger partial charge in [-0.05, 0) is 56.8 Å². The zero-order chi connectivity index (χ0) is 16.4. The van der Waals surface area contributed by atoms with Crippen LogP contribution in [0.15, 0.2) is 0 Å². The third-order valence-electron chi connectivity index (χ3n) is 7.08. The van der Waals surface area contributed by atoms with E-state index in [9.17, 15) is 4.79 Å². The van der Waals surface area contributed by atoms with E-state index in [1.54, 1.807) is 0 Å². The summed E-state index contributed by atoms with van der Waals surface area (Å²) in [6.45, 7) is -0.229. The van der Waals surface area contributed by atoms with Crippen LogP contribution in [-0.4, -0.2) is 35.4 Å². The van der Waals surface area contributed by atoms with Crippen LogP contribution >= 0.6 is 0 Å². The van der Waals surface area contributed by atoms with Crippen LogP contribution < -0.4 is 0 Å². The summed E-state index contributed by atoms with van der Waals surface area (Å²) >= 11 is 0. The van der Waals surface area contributed by atoms with Crippen LogP contribution in [0.25, 0.3) is 0 Å². The second kappa shape index (κ2) is 5.40. The minimum atomic E-state index is -0.917. The van der Waals surface area contributed by atoms with Gasteiger partial charge < -0.3 is 14.6 Å². The summed E-state index contributed by atoms with van der Waals surface area (Å²) in [5, 5.41) is 8.74. The maximum atomic E-state index is 10.6. The summed E-state index contributed by atoms with van der Waals surface area (Å²) in [6.07, 6.45) is 9.20. The molecule has 1 N–H and O–H groups in total.